The van der Waals surface area contributed by atoms with Gasteiger partial charge >= 0.3 is 5.97 Å². The van der Waals surface area contributed by atoms with Crippen LogP contribution in [0.2, 0.25) is 0 Å². The van der Waals surface area contributed by atoms with Crippen LogP contribution in [0.25, 0.3) is 0 Å². The highest BCUT2D eigenvalue weighted by molar-refractivity contribution is 7.87. The molecule has 0 aromatic rings. The summed E-state index contributed by atoms with van der Waals surface area (Å²) in [5.41, 5.74) is 0. The molecular weight excluding hydrogens is 260 g/mol. The first-order valence-corrected chi connectivity index (χ1v) is 7.40. The molecule has 1 fully saturated rings. The molecule has 8 heteroatoms. The van der Waals surface area contributed by atoms with Crippen LogP contribution in [0, 0.1) is 0 Å². The lowest BCUT2D eigenvalue weighted by Gasteiger charge is -2.24. The van der Waals surface area contributed by atoms with Crippen LogP contribution in [0.15, 0.2) is 0 Å². The molecule has 106 valence electrons. The molecule has 0 amide bonds. The van der Waals surface area contributed by atoms with Crippen molar-refractivity contribution in [1.82, 2.24) is 9.03 Å². The number of nitrogens with one attached hydrogen (secondary N) is 1. The Morgan fingerprint density at radius 1 is 1.50 bits per heavy atom. The number of hydrogen-bond acceptors (Lipinski definition) is 4. The van der Waals surface area contributed by atoms with E-state index < -0.39 is 16.2 Å². The Hall–Kier alpha value is -0.700. The number of ether oxygens (including phenoxy) is 1. The van der Waals surface area contributed by atoms with Crippen LogP contribution in [-0.2, 0) is 19.7 Å². The monoisotopic (exact) mass is 280 g/mol. The maximum absolute atomic E-state index is 11.8. The lowest BCUT2D eigenvalue weighted by atomic mass is 10.1. The SMILES string of the molecule is CN(CCC(=O)O)S(=O)(=O)NCC1CCCCO1. The molecule has 1 atom stereocenters. The van der Waals surface area contributed by atoms with E-state index >= 15 is 0 Å². The third kappa shape index (κ3) is 5.30. The molecule has 7 nitrogen and oxygen atoms in total. The van der Waals surface area contributed by atoms with Gasteiger partial charge in [0.05, 0.1) is 12.5 Å². The third-order valence-electron chi connectivity index (χ3n) is 2.82. The quantitative estimate of drug-likeness (QED) is 0.673. The molecule has 1 heterocycles. The van der Waals surface area contributed by atoms with E-state index in [1.54, 1.807) is 0 Å². The van der Waals surface area contributed by atoms with Crippen LogP contribution in [0.5, 0.6) is 0 Å². The van der Waals surface area contributed by atoms with Crippen molar-refractivity contribution in [2.45, 2.75) is 31.8 Å². The number of aliphatic carboxylic acids is 1. The van der Waals surface area contributed by atoms with Crippen LogP contribution in [0.1, 0.15) is 25.7 Å². The number of hydrogen-bond donors (Lipinski definition) is 2. The van der Waals surface area contributed by atoms with Crippen LogP contribution >= 0.6 is 0 Å². The standard InChI is InChI=1S/C10H20N2O5S/c1-12(6-5-10(13)14)18(15,16)11-8-9-4-2-3-7-17-9/h9,11H,2-8H2,1H3,(H,13,14). The summed E-state index contributed by atoms with van der Waals surface area (Å²) in [5, 5.41) is 8.50. The molecule has 0 aliphatic carbocycles. The Morgan fingerprint density at radius 3 is 2.78 bits per heavy atom. The second-order valence-electron chi connectivity index (χ2n) is 4.31. The maximum Gasteiger partial charge on any atom is 0.304 e. The average Bonchev–Trinajstić information content (AvgIpc) is 2.34. The Labute approximate surface area is 107 Å². The fourth-order valence-corrected chi connectivity index (χ4v) is 2.60. The topological polar surface area (TPSA) is 95.9 Å². The van der Waals surface area contributed by atoms with Crippen LogP contribution in [-0.4, -0.2) is 56.6 Å². The van der Waals surface area contributed by atoms with Gasteiger partial charge < -0.3 is 9.84 Å². The molecule has 1 aliphatic heterocycles. The van der Waals surface area contributed by atoms with Gasteiger partial charge in [-0.15, -0.1) is 0 Å². The molecular formula is C10H20N2O5S. The Kier molecular flexibility index (Phi) is 6.00. The van der Waals surface area contributed by atoms with Gasteiger partial charge in [-0.05, 0) is 19.3 Å². The van der Waals surface area contributed by atoms with Gasteiger partial charge in [-0.25, -0.2) is 0 Å². The third-order valence-corrected chi connectivity index (χ3v) is 4.35. The first kappa shape index (κ1) is 15.4. The fraction of sp³-hybridized carbons (Fsp3) is 0.900. The molecule has 0 spiro atoms. The van der Waals surface area contributed by atoms with Gasteiger partial charge in [0.1, 0.15) is 0 Å². The van der Waals surface area contributed by atoms with E-state index in [0.717, 1.165) is 23.6 Å². The van der Waals surface area contributed by atoms with E-state index in [4.69, 9.17) is 9.84 Å². The van der Waals surface area contributed by atoms with E-state index in [1.807, 2.05) is 0 Å². The van der Waals surface area contributed by atoms with Crippen molar-refractivity contribution >= 4 is 16.2 Å². The molecule has 0 bridgehead atoms. The Morgan fingerprint density at radius 2 is 2.22 bits per heavy atom. The first-order chi connectivity index (χ1) is 8.42. The largest absolute Gasteiger partial charge is 0.481 e. The summed E-state index contributed by atoms with van der Waals surface area (Å²) < 4.78 is 32.4. The molecule has 1 aliphatic rings. The van der Waals surface area contributed by atoms with Gasteiger partial charge in [0, 0.05) is 26.7 Å². The van der Waals surface area contributed by atoms with Crippen molar-refractivity contribution < 1.29 is 23.1 Å². The van der Waals surface area contributed by atoms with Gasteiger partial charge in [0.2, 0.25) is 0 Å². The lowest BCUT2D eigenvalue weighted by Crippen LogP contribution is -2.43. The summed E-state index contributed by atoms with van der Waals surface area (Å²) in [6, 6.07) is 0. The van der Waals surface area contributed by atoms with Crippen molar-refractivity contribution in [3.8, 4) is 0 Å². The van der Waals surface area contributed by atoms with Crippen LogP contribution < -0.4 is 4.72 Å². The summed E-state index contributed by atoms with van der Waals surface area (Å²) in [4.78, 5) is 10.4. The predicted molar refractivity (Wildman–Crippen MR) is 65.4 cm³/mol. The predicted octanol–water partition coefficient (Wildman–Crippen LogP) is -0.204. The summed E-state index contributed by atoms with van der Waals surface area (Å²) >= 11 is 0. The van der Waals surface area contributed by atoms with Crippen molar-refractivity contribution in [3.63, 3.8) is 0 Å². The van der Waals surface area contributed by atoms with Crippen molar-refractivity contribution in [1.29, 1.82) is 0 Å². The van der Waals surface area contributed by atoms with Gasteiger partial charge in [0.15, 0.2) is 0 Å². The van der Waals surface area contributed by atoms with E-state index in [-0.39, 0.29) is 25.6 Å². The number of nitrogens with zero attached hydrogens (tertiary/aromatic N) is 1. The molecule has 0 saturated carbocycles. The highest BCUT2D eigenvalue weighted by Crippen LogP contribution is 2.12. The average molecular weight is 280 g/mol. The van der Waals surface area contributed by atoms with Gasteiger partial charge in [0.25, 0.3) is 10.2 Å². The second kappa shape index (κ2) is 7.03. The molecule has 1 saturated heterocycles. The van der Waals surface area contributed by atoms with E-state index in [1.165, 1.54) is 7.05 Å². The molecule has 0 aromatic carbocycles. The lowest BCUT2D eigenvalue weighted by molar-refractivity contribution is -0.137. The molecule has 1 rings (SSSR count). The minimum absolute atomic E-state index is 0.0454. The highest BCUT2D eigenvalue weighted by atomic mass is 32.2. The minimum Gasteiger partial charge on any atom is -0.481 e. The molecule has 0 aromatic heterocycles. The summed E-state index contributed by atoms with van der Waals surface area (Å²) in [6.07, 6.45) is 2.61. The van der Waals surface area contributed by atoms with E-state index in [2.05, 4.69) is 4.72 Å². The summed E-state index contributed by atoms with van der Waals surface area (Å²) in [6.45, 7) is 0.858. The van der Waals surface area contributed by atoms with Crippen molar-refractivity contribution in [3.05, 3.63) is 0 Å². The van der Waals surface area contributed by atoms with Crippen LogP contribution in [0.3, 0.4) is 0 Å². The van der Waals surface area contributed by atoms with E-state index in [9.17, 15) is 13.2 Å². The zero-order chi connectivity index (χ0) is 13.6. The zero-order valence-corrected chi connectivity index (χ0v) is 11.3. The first-order valence-electron chi connectivity index (χ1n) is 5.96. The number of rotatable bonds is 7. The normalized spacial score (nSPS) is 21.1. The maximum atomic E-state index is 11.8. The summed E-state index contributed by atoms with van der Waals surface area (Å²) in [7, 11) is -2.26. The molecule has 0 radical (unpaired) electrons. The molecule has 2 N–H and O–H groups in total. The van der Waals surface area contributed by atoms with E-state index in [0.29, 0.717) is 6.61 Å². The number of carbonyl (C=O) groups is 1. The number of carboxylic acids is 1. The highest BCUT2D eigenvalue weighted by Gasteiger charge is 2.21. The molecule has 18 heavy (non-hydrogen) atoms. The number of carboxylic acid groups (broad SMARTS) is 1. The molecule has 1 unspecified atom stereocenters. The van der Waals surface area contributed by atoms with Gasteiger partial charge in [-0.2, -0.15) is 17.4 Å². The van der Waals surface area contributed by atoms with Crippen molar-refractivity contribution in [2.24, 2.45) is 0 Å². The van der Waals surface area contributed by atoms with Gasteiger partial charge in [-0.3, -0.25) is 4.79 Å². The smallest absolute Gasteiger partial charge is 0.304 e. The van der Waals surface area contributed by atoms with Crippen molar-refractivity contribution in [2.75, 3.05) is 26.7 Å². The van der Waals surface area contributed by atoms with Gasteiger partial charge in [-0.1, -0.05) is 0 Å². The fourth-order valence-electron chi connectivity index (χ4n) is 1.65. The zero-order valence-electron chi connectivity index (χ0n) is 10.5. The van der Waals surface area contributed by atoms with Crippen LogP contribution in [0.4, 0.5) is 0 Å². The summed E-state index contributed by atoms with van der Waals surface area (Å²) in [5.74, 6) is -1.02. The second-order valence-corrected chi connectivity index (χ2v) is 6.17. The Bertz CT molecular complexity index is 364. The Balaban J connectivity index is 2.35. The minimum atomic E-state index is -3.62.